The largest absolute Gasteiger partial charge is 0.311 e. The Hall–Kier alpha value is -1.88. The van der Waals surface area contributed by atoms with Crippen molar-refractivity contribution in [2.24, 2.45) is 4.99 Å². The van der Waals surface area contributed by atoms with Crippen LogP contribution in [0.1, 0.15) is 18.1 Å². The average molecular weight is 405 g/mol. The second kappa shape index (κ2) is 8.21. The molecular formula is C20H18Cl2N2OS. The lowest BCUT2D eigenvalue weighted by Crippen LogP contribution is -2.17. The lowest BCUT2D eigenvalue weighted by atomic mass is 10.1. The summed E-state index contributed by atoms with van der Waals surface area (Å²) in [5, 5.41) is 1.17. The maximum Gasteiger partial charge on any atom is 0.252 e. The molecule has 3 aromatic rings. The Kier molecular flexibility index (Phi) is 5.97. The normalized spacial score (nSPS) is 11.9. The number of allylic oxidation sites excluding steroid dienone is 1. The monoisotopic (exact) mass is 404 g/mol. The quantitative estimate of drug-likeness (QED) is 0.522. The van der Waals surface area contributed by atoms with Gasteiger partial charge in [-0.3, -0.25) is 4.79 Å². The number of aromatic nitrogens is 1. The maximum absolute atomic E-state index is 12.5. The highest BCUT2D eigenvalue weighted by Crippen LogP contribution is 2.31. The lowest BCUT2D eigenvalue weighted by molar-refractivity contribution is -0.117. The second-order valence-corrected chi connectivity index (χ2v) is 7.64. The van der Waals surface area contributed by atoms with E-state index in [1.54, 1.807) is 18.2 Å². The number of fused-ring (bicyclic) bond motifs is 1. The summed E-state index contributed by atoms with van der Waals surface area (Å²) in [6.45, 7) is 6.38. The molecule has 0 aliphatic carbocycles. The minimum absolute atomic E-state index is 0.203. The van der Waals surface area contributed by atoms with Crippen LogP contribution in [0, 0.1) is 0 Å². The zero-order valence-corrected chi connectivity index (χ0v) is 16.7. The molecule has 0 spiro atoms. The molecular weight excluding hydrogens is 387 g/mol. The van der Waals surface area contributed by atoms with E-state index in [0.29, 0.717) is 21.4 Å². The minimum Gasteiger partial charge on any atom is -0.311 e. The van der Waals surface area contributed by atoms with Crippen molar-refractivity contribution in [3.63, 3.8) is 0 Å². The van der Waals surface area contributed by atoms with Gasteiger partial charge in [0.25, 0.3) is 5.91 Å². The minimum atomic E-state index is -0.203. The van der Waals surface area contributed by atoms with E-state index in [0.717, 1.165) is 22.2 Å². The van der Waals surface area contributed by atoms with Crippen molar-refractivity contribution in [3.8, 4) is 0 Å². The van der Waals surface area contributed by atoms with E-state index in [-0.39, 0.29) is 12.3 Å². The van der Waals surface area contributed by atoms with Crippen LogP contribution in [0.3, 0.4) is 0 Å². The van der Waals surface area contributed by atoms with E-state index in [1.807, 2.05) is 28.8 Å². The van der Waals surface area contributed by atoms with E-state index in [9.17, 15) is 4.79 Å². The summed E-state index contributed by atoms with van der Waals surface area (Å²) in [5.74, 6) is -0.203. The van der Waals surface area contributed by atoms with Gasteiger partial charge < -0.3 is 4.57 Å². The number of hydrogen-bond acceptors (Lipinski definition) is 2. The van der Waals surface area contributed by atoms with Crippen molar-refractivity contribution >= 4 is 50.7 Å². The predicted octanol–water partition coefficient (Wildman–Crippen LogP) is 5.43. The fourth-order valence-corrected chi connectivity index (χ4v) is 4.38. The van der Waals surface area contributed by atoms with Gasteiger partial charge in [-0.1, -0.05) is 71.8 Å². The Balaban J connectivity index is 2.01. The summed E-state index contributed by atoms with van der Waals surface area (Å²) in [6.07, 6.45) is 2.98. The first-order valence-corrected chi connectivity index (χ1v) is 9.84. The number of carbonyl (C=O) groups is 1. The van der Waals surface area contributed by atoms with Gasteiger partial charge in [0, 0.05) is 6.54 Å². The molecule has 134 valence electrons. The smallest absolute Gasteiger partial charge is 0.252 e. The number of carbonyl (C=O) groups excluding carboxylic acids is 1. The first-order chi connectivity index (χ1) is 12.5. The number of aryl methyl sites for hydroxylation is 1. The number of halogens is 2. The van der Waals surface area contributed by atoms with Crippen LogP contribution in [-0.4, -0.2) is 10.5 Å². The van der Waals surface area contributed by atoms with Crippen LogP contribution >= 0.6 is 34.5 Å². The van der Waals surface area contributed by atoms with Gasteiger partial charge in [0.1, 0.15) is 0 Å². The van der Waals surface area contributed by atoms with Crippen LogP contribution in [0.5, 0.6) is 0 Å². The summed E-state index contributed by atoms with van der Waals surface area (Å²) in [5.41, 5.74) is 2.97. The van der Waals surface area contributed by atoms with Gasteiger partial charge in [0.15, 0.2) is 4.80 Å². The lowest BCUT2D eigenvalue weighted by Gasteiger charge is -2.03. The number of hydrogen-bond donors (Lipinski definition) is 0. The molecule has 0 aliphatic heterocycles. The molecule has 1 heterocycles. The molecule has 0 atom stereocenters. The third kappa shape index (κ3) is 3.93. The van der Waals surface area contributed by atoms with Crippen molar-refractivity contribution in [1.29, 1.82) is 0 Å². The predicted molar refractivity (Wildman–Crippen MR) is 110 cm³/mol. The topological polar surface area (TPSA) is 34.4 Å². The standard InChI is InChI=1S/C20H18Cl2N2OS/c1-3-11-24-18-15(21)9-10-16(22)19(18)26-20(24)23-17(25)12-14-7-5-13(4-2)6-8-14/h3,5-10H,1,4,11-12H2,2H3. The van der Waals surface area contributed by atoms with E-state index < -0.39 is 0 Å². The molecule has 3 nitrogen and oxygen atoms in total. The number of amides is 1. The van der Waals surface area contributed by atoms with Gasteiger partial charge >= 0.3 is 0 Å². The number of rotatable bonds is 5. The van der Waals surface area contributed by atoms with Gasteiger partial charge in [-0.2, -0.15) is 4.99 Å². The van der Waals surface area contributed by atoms with Crippen molar-refractivity contribution in [1.82, 2.24) is 4.57 Å². The van der Waals surface area contributed by atoms with E-state index in [2.05, 4.69) is 18.5 Å². The highest BCUT2D eigenvalue weighted by molar-refractivity contribution is 7.17. The molecule has 26 heavy (non-hydrogen) atoms. The van der Waals surface area contributed by atoms with Crippen LogP contribution in [-0.2, 0) is 24.2 Å². The van der Waals surface area contributed by atoms with Gasteiger partial charge in [0.05, 0.1) is 26.7 Å². The van der Waals surface area contributed by atoms with Crippen molar-refractivity contribution in [3.05, 3.63) is 75.0 Å². The molecule has 0 aliphatic rings. The van der Waals surface area contributed by atoms with Gasteiger partial charge in [-0.15, -0.1) is 6.58 Å². The third-order valence-electron chi connectivity index (χ3n) is 4.05. The Morgan fingerprint density at radius 3 is 2.46 bits per heavy atom. The Labute approximate surface area is 166 Å². The molecule has 1 amide bonds. The molecule has 0 saturated heterocycles. The van der Waals surface area contributed by atoms with E-state index >= 15 is 0 Å². The SMILES string of the molecule is C=CCn1c(=NC(=O)Cc2ccc(CC)cc2)sc2c(Cl)ccc(Cl)c21. The fraction of sp³-hybridized carbons (Fsp3) is 0.200. The summed E-state index contributed by atoms with van der Waals surface area (Å²) in [4.78, 5) is 17.4. The van der Waals surface area contributed by atoms with Gasteiger partial charge in [-0.05, 0) is 29.7 Å². The molecule has 0 saturated carbocycles. The second-order valence-electron chi connectivity index (χ2n) is 5.84. The van der Waals surface area contributed by atoms with E-state index in [1.165, 1.54) is 16.9 Å². The average Bonchev–Trinajstić information content (AvgIpc) is 2.98. The molecule has 0 N–H and O–H groups in total. The Morgan fingerprint density at radius 1 is 1.15 bits per heavy atom. The highest BCUT2D eigenvalue weighted by atomic mass is 35.5. The Bertz CT molecular complexity index is 1030. The number of benzene rings is 2. The molecule has 0 radical (unpaired) electrons. The van der Waals surface area contributed by atoms with Crippen LogP contribution in [0.2, 0.25) is 10.0 Å². The van der Waals surface area contributed by atoms with Crippen LogP contribution < -0.4 is 4.80 Å². The van der Waals surface area contributed by atoms with Crippen molar-refractivity contribution < 1.29 is 4.79 Å². The zero-order valence-electron chi connectivity index (χ0n) is 14.3. The summed E-state index contributed by atoms with van der Waals surface area (Å²) in [6, 6.07) is 11.5. The molecule has 1 aromatic heterocycles. The van der Waals surface area contributed by atoms with E-state index in [4.69, 9.17) is 23.2 Å². The molecule has 6 heteroatoms. The molecule has 0 bridgehead atoms. The Morgan fingerprint density at radius 2 is 1.81 bits per heavy atom. The zero-order chi connectivity index (χ0) is 18.7. The maximum atomic E-state index is 12.5. The van der Waals surface area contributed by atoms with Crippen LogP contribution in [0.25, 0.3) is 10.2 Å². The van der Waals surface area contributed by atoms with Crippen molar-refractivity contribution in [2.45, 2.75) is 26.3 Å². The molecule has 0 fully saturated rings. The first-order valence-electron chi connectivity index (χ1n) is 8.27. The number of thiazole rings is 1. The van der Waals surface area contributed by atoms with Crippen LogP contribution in [0.15, 0.2) is 54.0 Å². The molecule has 3 rings (SSSR count). The molecule has 2 aromatic carbocycles. The first kappa shape index (κ1) is 18.9. The van der Waals surface area contributed by atoms with Crippen LogP contribution in [0.4, 0.5) is 0 Å². The summed E-state index contributed by atoms with van der Waals surface area (Å²) < 4.78 is 2.69. The third-order valence-corrected chi connectivity index (χ3v) is 5.89. The van der Waals surface area contributed by atoms with Crippen molar-refractivity contribution in [2.75, 3.05) is 0 Å². The molecule has 0 unspecified atom stereocenters. The summed E-state index contributed by atoms with van der Waals surface area (Å²) in [7, 11) is 0. The summed E-state index contributed by atoms with van der Waals surface area (Å²) >= 11 is 14.0. The fourth-order valence-electron chi connectivity index (χ4n) is 2.71. The number of nitrogens with zero attached hydrogens (tertiary/aromatic N) is 2. The highest BCUT2D eigenvalue weighted by Gasteiger charge is 2.13. The van der Waals surface area contributed by atoms with Gasteiger partial charge in [-0.25, -0.2) is 0 Å². The van der Waals surface area contributed by atoms with Gasteiger partial charge in [0.2, 0.25) is 0 Å².